The van der Waals surface area contributed by atoms with Crippen molar-refractivity contribution in [2.45, 2.75) is 6.10 Å². The summed E-state index contributed by atoms with van der Waals surface area (Å²) in [5, 5.41) is 12.6. The average Bonchev–Trinajstić information content (AvgIpc) is 2.73. The van der Waals surface area contributed by atoms with Gasteiger partial charge in [0.1, 0.15) is 11.9 Å². The molecule has 1 unspecified atom stereocenters. The van der Waals surface area contributed by atoms with E-state index in [0.29, 0.717) is 5.88 Å². The van der Waals surface area contributed by atoms with Gasteiger partial charge in [0.15, 0.2) is 0 Å². The molecule has 1 aliphatic heterocycles. The molecule has 0 saturated carbocycles. The van der Waals surface area contributed by atoms with Gasteiger partial charge in [-0.05, 0) is 12.1 Å². The molecule has 1 aliphatic rings. The van der Waals surface area contributed by atoms with Crippen molar-refractivity contribution in [2.75, 3.05) is 12.4 Å². The number of phenols is 1. The molecule has 16 heavy (non-hydrogen) atoms. The zero-order valence-corrected chi connectivity index (χ0v) is 8.73. The fraction of sp³-hybridized carbons (Fsp3) is 0.167. The molecule has 1 aromatic carbocycles. The van der Waals surface area contributed by atoms with E-state index in [2.05, 4.69) is 5.32 Å². The normalized spacial score (nSPS) is 17.4. The number of fused-ring (bicyclic) bond motifs is 2. The largest absolute Gasteiger partial charge is 0.508 e. The number of hydrogen-bond donors (Lipinski definition) is 2. The monoisotopic (exact) mass is 217 g/mol. The lowest BCUT2D eigenvalue weighted by Crippen LogP contribution is -2.12. The number of methoxy groups -OCH3 is 1. The molecule has 2 heterocycles. The van der Waals surface area contributed by atoms with Gasteiger partial charge < -0.3 is 19.6 Å². The quantitative estimate of drug-likeness (QED) is 0.771. The molecule has 1 aromatic heterocycles. The summed E-state index contributed by atoms with van der Waals surface area (Å²) in [6.45, 7) is 0. The van der Waals surface area contributed by atoms with E-state index in [4.69, 9.17) is 9.15 Å². The topological polar surface area (TPSA) is 54.6 Å². The Balaban J connectivity index is 2.18. The first-order valence-corrected chi connectivity index (χ1v) is 4.99. The summed E-state index contributed by atoms with van der Waals surface area (Å²) in [5.41, 5.74) is 2.78. The molecule has 4 heteroatoms. The summed E-state index contributed by atoms with van der Waals surface area (Å²) in [5.74, 6) is 0.890. The van der Waals surface area contributed by atoms with Crippen LogP contribution in [0.4, 0.5) is 11.6 Å². The Labute approximate surface area is 92.5 Å². The van der Waals surface area contributed by atoms with Crippen LogP contribution in [0.2, 0.25) is 0 Å². The Kier molecular flexibility index (Phi) is 1.91. The van der Waals surface area contributed by atoms with Gasteiger partial charge in [0, 0.05) is 24.3 Å². The van der Waals surface area contributed by atoms with Crippen LogP contribution in [-0.4, -0.2) is 12.2 Å². The minimum absolute atomic E-state index is 0.148. The lowest BCUT2D eigenvalue weighted by Gasteiger charge is -2.24. The average molecular weight is 217 g/mol. The van der Waals surface area contributed by atoms with E-state index in [1.54, 1.807) is 25.5 Å². The molecule has 0 spiro atoms. The molecule has 2 aromatic rings. The number of furan rings is 1. The van der Waals surface area contributed by atoms with Crippen LogP contribution in [0.25, 0.3) is 0 Å². The van der Waals surface area contributed by atoms with Crippen LogP contribution in [0.3, 0.4) is 0 Å². The van der Waals surface area contributed by atoms with Crippen molar-refractivity contribution in [3.8, 4) is 5.75 Å². The molecule has 82 valence electrons. The molecule has 4 nitrogen and oxygen atoms in total. The lowest BCUT2D eigenvalue weighted by atomic mass is 9.98. The smallest absolute Gasteiger partial charge is 0.203 e. The van der Waals surface area contributed by atoms with E-state index in [1.807, 2.05) is 12.1 Å². The van der Waals surface area contributed by atoms with Gasteiger partial charge in [0.2, 0.25) is 5.88 Å². The van der Waals surface area contributed by atoms with Gasteiger partial charge in [-0.25, -0.2) is 0 Å². The van der Waals surface area contributed by atoms with Crippen molar-refractivity contribution in [2.24, 2.45) is 0 Å². The van der Waals surface area contributed by atoms with Crippen LogP contribution in [0.5, 0.6) is 5.75 Å². The molecule has 0 saturated heterocycles. The summed E-state index contributed by atoms with van der Waals surface area (Å²) in [6.07, 6.45) is 1.47. The highest BCUT2D eigenvalue weighted by Gasteiger charge is 2.27. The van der Waals surface area contributed by atoms with Crippen molar-refractivity contribution < 1.29 is 14.3 Å². The Bertz CT molecular complexity index is 533. The first-order chi connectivity index (χ1) is 7.79. The summed E-state index contributed by atoms with van der Waals surface area (Å²) < 4.78 is 10.8. The number of anilines is 2. The summed E-state index contributed by atoms with van der Waals surface area (Å²) in [6, 6.07) is 7.04. The van der Waals surface area contributed by atoms with Crippen molar-refractivity contribution in [3.05, 3.63) is 41.7 Å². The van der Waals surface area contributed by atoms with Gasteiger partial charge >= 0.3 is 0 Å². The Hall–Kier alpha value is -1.94. The highest BCUT2D eigenvalue weighted by molar-refractivity contribution is 5.70. The minimum atomic E-state index is -0.148. The van der Waals surface area contributed by atoms with Crippen molar-refractivity contribution >= 4 is 11.6 Å². The SMILES string of the molecule is COC1c2ccc(O)cc2Nc2occc21. The first-order valence-electron chi connectivity index (χ1n) is 4.99. The fourth-order valence-corrected chi connectivity index (χ4v) is 2.05. The fourth-order valence-electron chi connectivity index (χ4n) is 2.05. The third-order valence-electron chi connectivity index (χ3n) is 2.78. The van der Waals surface area contributed by atoms with E-state index in [0.717, 1.165) is 16.8 Å². The van der Waals surface area contributed by atoms with Gasteiger partial charge in [0.25, 0.3) is 0 Å². The number of hydrogen-bond acceptors (Lipinski definition) is 4. The highest BCUT2D eigenvalue weighted by Crippen LogP contribution is 2.43. The third-order valence-corrected chi connectivity index (χ3v) is 2.78. The standard InChI is InChI=1S/C12H11NO3/c1-15-11-8-3-2-7(14)6-10(8)13-12-9(11)4-5-16-12/h2-6,11,13-14H,1H3. The lowest BCUT2D eigenvalue weighted by molar-refractivity contribution is 0.136. The van der Waals surface area contributed by atoms with Crippen molar-refractivity contribution in [1.29, 1.82) is 0 Å². The second-order valence-electron chi connectivity index (χ2n) is 3.72. The molecular formula is C12H11NO3. The molecular weight excluding hydrogens is 206 g/mol. The number of ether oxygens (including phenoxy) is 1. The van der Waals surface area contributed by atoms with Gasteiger partial charge in [-0.15, -0.1) is 0 Å². The molecule has 0 aliphatic carbocycles. The Morgan fingerprint density at radius 3 is 3.00 bits per heavy atom. The molecule has 1 atom stereocenters. The highest BCUT2D eigenvalue weighted by atomic mass is 16.5. The van der Waals surface area contributed by atoms with E-state index >= 15 is 0 Å². The maximum Gasteiger partial charge on any atom is 0.203 e. The number of aromatic hydroxyl groups is 1. The zero-order chi connectivity index (χ0) is 11.1. The van der Waals surface area contributed by atoms with E-state index < -0.39 is 0 Å². The van der Waals surface area contributed by atoms with Crippen LogP contribution in [-0.2, 0) is 4.74 Å². The van der Waals surface area contributed by atoms with Gasteiger partial charge in [-0.2, -0.15) is 0 Å². The van der Waals surface area contributed by atoms with E-state index in [1.165, 1.54) is 0 Å². The van der Waals surface area contributed by atoms with Crippen LogP contribution in [0, 0.1) is 0 Å². The van der Waals surface area contributed by atoms with Gasteiger partial charge in [0.05, 0.1) is 12.0 Å². The van der Waals surface area contributed by atoms with Crippen molar-refractivity contribution in [3.63, 3.8) is 0 Å². The second kappa shape index (κ2) is 3.28. The molecule has 3 rings (SSSR count). The summed E-state index contributed by atoms with van der Waals surface area (Å²) >= 11 is 0. The maximum atomic E-state index is 9.43. The van der Waals surface area contributed by atoms with Gasteiger partial charge in [-0.1, -0.05) is 6.07 Å². The first kappa shape index (κ1) is 9.30. The number of nitrogens with one attached hydrogen (secondary N) is 1. The van der Waals surface area contributed by atoms with Gasteiger partial charge in [-0.3, -0.25) is 0 Å². The number of phenolic OH excluding ortho intramolecular Hbond substituents is 1. The third kappa shape index (κ3) is 1.20. The molecule has 0 amide bonds. The van der Waals surface area contributed by atoms with E-state index in [-0.39, 0.29) is 11.9 Å². The molecule has 0 fully saturated rings. The van der Waals surface area contributed by atoms with Crippen LogP contribution >= 0.6 is 0 Å². The van der Waals surface area contributed by atoms with Crippen LogP contribution in [0.1, 0.15) is 17.2 Å². The predicted octanol–water partition coefficient (Wildman–Crippen LogP) is 2.78. The van der Waals surface area contributed by atoms with Crippen LogP contribution < -0.4 is 5.32 Å². The number of benzene rings is 1. The molecule has 0 radical (unpaired) electrons. The minimum Gasteiger partial charge on any atom is -0.508 e. The van der Waals surface area contributed by atoms with Crippen LogP contribution in [0.15, 0.2) is 34.9 Å². The number of rotatable bonds is 1. The Morgan fingerprint density at radius 2 is 2.19 bits per heavy atom. The summed E-state index contributed by atoms with van der Waals surface area (Å²) in [7, 11) is 1.66. The zero-order valence-electron chi connectivity index (χ0n) is 8.73. The maximum absolute atomic E-state index is 9.43. The molecule has 2 N–H and O–H groups in total. The predicted molar refractivity (Wildman–Crippen MR) is 58.9 cm³/mol. The second-order valence-corrected chi connectivity index (χ2v) is 3.72. The Morgan fingerprint density at radius 1 is 1.31 bits per heavy atom. The molecule has 0 bridgehead atoms. The summed E-state index contributed by atoms with van der Waals surface area (Å²) in [4.78, 5) is 0. The van der Waals surface area contributed by atoms with E-state index in [9.17, 15) is 5.11 Å². The van der Waals surface area contributed by atoms with Crippen molar-refractivity contribution in [1.82, 2.24) is 0 Å².